The zero-order chi connectivity index (χ0) is 24.7. The quantitative estimate of drug-likeness (QED) is 0.417. The predicted molar refractivity (Wildman–Crippen MR) is 130 cm³/mol. The topological polar surface area (TPSA) is 100 Å². The summed E-state index contributed by atoms with van der Waals surface area (Å²) in [6.45, 7) is 3.68. The molecule has 1 aliphatic carbocycles. The van der Waals surface area contributed by atoms with Crippen LogP contribution in [-0.2, 0) is 31.9 Å². The second-order valence-corrected chi connectivity index (χ2v) is 8.99. The van der Waals surface area contributed by atoms with Crippen LogP contribution >= 0.6 is 11.3 Å². The highest BCUT2D eigenvalue weighted by Gasteiger charge is 2.29. The third-order valence-electron chi connectivity index (χ3n) is 5.41. The summed E-state index contributed by atoms with van der Waals surface area (Å²) in [5.74, 6) is -0.0172. The Morgan fingerprint density at radius 1 is 1.15 bits per heavy atom. The molecule has 8 nitrogen and oxygen atoms in total. The number of thiophene rings is 1. The van der Waals surface area contributed by atoms with Crippen molar-refractivity contribution < 1.29 is 33.3 Å². The first-order chi connectivity index (χ1) is 16.4. The third-order valence-corrected chi connectivity index (χ3v) is 6.58. The molecular weight excluding hydrogens is 458 g/mol. The minimum Gasteiger partial charge on any atom is -0.493 e. The zero-order valence-corrected chi connectivity index (χ0v) is 20.6. The van der Waals surface area contributed by atoms with Gasteiger partial charge in [-0.1, -0.05) is 13.0 Å². The van der Waals surface area contributed by atoms with E-state index in [4.69, 9.17) is 18.9 Å². The van der Waals surface area contributed by atoms with E-state index in [1.807, 2.05) is 0 Å². The Balaban J connectivity index is 1.62. The molecule has 0 fully saturated rings. The van der Waals surface area contributed by atoms with E-state index >= 15 is 0 Å². The molecule has 0 radical (unpaired) electrons. The summed E-state index contributed by atoms with van der Waals surface area (Å²) in [5.41, 5.74) is 2.07. The predicted octanol–water partition coefficient (Wildman–Crippen LogP) is 4.26. The second kappa shape index (κ2) is 11.7. The fraction of sp³-hybridized carbons (Fsp3) is 0.400. The lowest BCUT2D eigenvalue weighted by atomic mass is 9.88. The van der Waals surface area contributed by atoms with E-state index in [0.717, 1.165) is 29.7 Å². The highest BCUT2D eigenvalue weighted by Crippen LogP contribution is 2.40. The maximum atomic E-state index is 12.6. The molecule has 0 saturated heterocycles. The van der Waals surface area contributed by atoms with Crippen LogP contribution in [-0.4, -0.2) is 45.3 Å². The van der Waals surface area contributed by atoms with Gasteiger partial charge in [-0.25, -0.2) is 9.59 Å². The highest BCUT2D eigenvalue weighted by molar-refractivity contribution is 7.17. The molecule has 34 heavy (non-hydrogen) atoms. The van der Waals surface area contributed by atoms with Gasteiger partial charge in [0, 0.05) is 11.0 Å². The summed E-state index contributed by atoms with van der Waals surface area (Å²) in [4.78, 5) is 38.2. The third kappa shape index (κ3) is 6.17. The van der Waals surface area contributed by atoms with Crippen molar-refractivity contribution in [1.82, 2.24) is 0 Å². The van der Waals surface area contributed by atoms with Crippen LogP contribution in [0, 0.1) is 5.92 Å². The monoisotopic (exact) mass is 487 g/mol. The molecule has 0 bridgehead atoms. The number of carbonyl (C=O) groups excluding carboxylic acids is 3. The maximum absolute atomic E-state index is 12.6. The first-order valence-corrected chi connectivity index (χ1v) is 11.9. The number of amides is 1. The van der Waals surface area contributed by atoms with Gasteiger partial charge in [-0.3, -0.25) is 4.79 Å². The summed E-state index contributed by atoms with van der Waals surface area (Å²) in [6, 6.07) is 5.19. The SMILES string of the molecule is CCOC(=O)c1c(NC(=O)COC(=O)/C=C/c2ccc(OC)c(OC)c2)sc2c1CCC(C)C2. The first kappa shape index (κ1) is 25.3. The van der Waals surface area contributed by atoms with Gasteiger partial charge in [0.05, 0.1) is 26.4 Å². The van der Waals surface area contributed by atoms with Crippen LogP contribution in [0.3, 0.4) is 0 Å². The standard InChI is InChI=1S/C25H29NO7S/c1-5-32-25(29)23-17-9-6-15(2)12-20(17)34-24(23)26-21(27)14-33-22(28)11-8-16-7-10-18(30-3)19(13-16)31-4/h7-8,10-11,13,15H,5-6,9,12,14H2,1-4H3,(H,26,27)/b11-8+. The number of anilines is 1. The average Bonchev–Trinajstić information content (AvgIpc) is 3.17. The van der Waals surface area contributed by atoms with Crippen LogP contribution in [0.5, 0.6) is 11.5 Å². The molecule has 0 spiro atoms. The molecule has 1 aromatic heterocycles. The van der Waals surface area contributed by atoms with Gasteiger partial charge in [0.2, 0.25) is 0 Å². The van der Waals surface area contributed by atoms with Gasteiger partial charge in [0.15, 0.2) is 18.1 Å². The van der Waals surface area contributed by atoms with Crippen molar-refractivity contribution in [2.75, 3.05) is 32.8 Å². The Morgan fingerprint density at radius 2 is 1.91 bits per heavy atom. The van der Waals surface area contributed by atoms with E-state index in [2.05, 4.69) is 12.2 Å². The summed E-state index contributed by atoms with van der Waals surface area (Å²) in [5, 5.41) is 3.17. The van der Waals surface area contributed by atoms with Gasteiger partial charge >= 0.3 is 11.9 Å². The number of benzene rings is 1. The van der Waals surface area contributed by atoms with E-state index in [9.17, 15) is 14.4 Å². The molecule has 1 amide bonds. The van der Waals surface area contributed by atoms with E-state index in [-0.39, 0.29) is 6.61 Å². The number of carbonyl (C=O) groups is 3. The van der Waals surface area contributed by atoms with Crippen molar-refractivity contribution in [2.45, 2.75) is 33.1 Å². The minimum atomic E-state index is -0.671. The number of ether oxygens (including phenoxy) is 4. The van der Waals surface area contributed by atoms with Crippen molar-refractivity contribution >= 4 is 40.3 Å². The molecular formula is C25H29NO7S. The smallest absolute Gasteiger partial charge is 0.341 e. The molecule has 1 N–H and O–H groups in total. The first-order valence-electron chi connectivity index (χ1n) is 11.0. The van der Waals surface area contributed by atoms with Gasteiger partial charge in [-0.15, -0.1) is 11.3 Å². The number of hydrogen-bond donors (Lipinski definition) is 1. The van der Waals surface area contributed by atoms with Crippen LogP contribution in [0.2, 0.25) is 0 Å². The highest BCUT2D eigenvalue weighted by atomic mass is 32.1. The average molecular weight is 488 g/mol. The number of nitrogens with one attached hydrogen (secondary N) is 1. The lowest BCUT2D eigenvalue weighted by molar-refractivity contribution is -0.142. The van der Waals surface area contributed by atoms with E-state index in [1.54, 1.807) is 31.2 Å². The molecule has 1 aromatic carbocycles. The molecule has 1 heterocycles. The minimum absolute atomic E-state index is 0.247. The molecule has 2 aromatic rings. The van der Waals surface area contributed by atoms with E-state index in [0.29, 0.717) is 33.5 Å². The Kier molecular flexibility index (Phi) is 8.70. The van der Waals surface area contributed by atoms with Crippen LogP contribution < -0.4 is 14.8 Å². The summed E-state index contributed by atoms with van der Waals surface area (Å²) >= 11 is 1.39. The lowest BCUT2D eigenvalue weighted by Gasteiger charge is -2.18. The Hall–Kier alpha value is -3.33. The molecule has 0 saturated carbocycles. The van der Waals surface area contributed by atoms with Crippen molar-refractivity contribution in [1.29, 1.82) is 0 Å². The molecule has 0 aliphatic heterocycles. The van der Waals surface area contributed by atoms with Crippen LogP contribution in [0.15, 0.2) is 24.3 Å². The second-order valence-electron chi connectivity index (χ2n) is 7.88. The van der Waals surface area contributed by atoms with E-state index < -0.39 is 24.5 Å². The Morgan fingerprint density at radius 3 is 2.62 bits per heavy atom. The molecule has 9 heteroatoms. The summed E-state index contributed by atoms with van der Waals surface area (Å²) in [7, 11) is 3.06. The molecule has 3 rings (SSSR count). The number of fused-ring (bicyclic) bond motifs is 1. The van der Waals surface area contributed by atoms with Gasteiger partial charge in [-0.05, 0) is 61.4 Å². The summed E-state index contributed by atoms with van der Waals surface area (Å²) < 4.78 is 20.7. The van der Waals surface area contributed by atoms with Gasteiger partial charge in [0.1, 0.15) is 5.00 Å². The van der Waals surface area contributed by atoms with Crippen molar-refractivity contribution in [3.05, 3.63) is 45.8 Å². The van der Waals surface area contributed by atoms with Crippen molar-refractivity contribution in [3.63, 3.8) is 0 Å². The number of hydrogen-bond acceptors (Lipinski definition) is 8. The van der Waals surface area contributed by atoms with Gasteiger partial charge in [0.25, 0.3) is 5.91 Å². The van der Waals surface area contributed by atoms with Crippen LogP contribution in [0.1, 0.15) is 46.6 Å². The summed E-state index contributed by atoms with van der Waals surface area (Å²) in [6.07, 6.45) is 5.39. The number of rotatable bonds is 9. The fourth-order valence-corrected chi connectivity index (χ4v) is 5.14. The Labute approximate surface area is 202 Å². The Bertz CT molecular complexity index is 1090. The number of methoxy groups -OCH3 is 2. The van der Waals surface area contributed by atoms with Gasteiger partial charge < -0.3 is 24.3 Å². The molecule has 1 aliphatic rings. The van der Waals surface area contributed by atoms with Crippen LogP contribution in [0.25, 0.3) is 6.08 Å². The molecule has 182 valence electrons. The van der Waals surface area contributed by atoms with Crippen molar-refractivity contribution in [2.24, 2.45) is 5.92 Å². The maximum Gasteiger partial charge on any atom is 0.341 e. The van der Waals surface area contributed by atoms with E-state index in [1.165, 1.54) is 31.6 Å². The van der Waals surface area contributed by atoms with Crippen molar-refractivity contribution in [3.8, 4) is 11.5 Å². The lowest BCUT2D eigenvalue weighted by Crippen LogP contribution is -2.21. The molecule has 1 unspecified atom stereocenters. The van der Waals surface area contributed by atoms with Gasteiger partial charge in [-0.2, -0.15) is 0 Å². The normalized spacial score (nSPS) is 14.9. The number of esters is 2. The largest absolute Gasteiger partial charge is 0.493 e. The van der Waals surface area contributed by atoms with Crippen LogP contribution in [0.4, 0.5) is 5.00 Å². The molecule has 1 atom stereocenters. The zero-order valence-electron chi connectivity index (χ0n) is 19.8. The fourth-order valence-electron chi connectivity index (χ4n) is 3.73.